The van der Waals surface area contributed by atoms with E-state index in [1.54, 1.807) is 0 Å². The highest BCUT2D eigenvalue weighted by Crippen LogP contribution is 2.19. The van der Waals surface area contributed by atoms with Gasteiger partial charge in [0.1, 0.15) is 0 Å². The fraction of sp³-hybridized carbons (Fsp3) is 0.857. The van der Waals surface area contributed by atoms with Gasteiger partial charge in [-0.1, -0.05) is 0 Å². The molecule has 1 fully saturated rings. The Bertz CT molecular complexity index is 122. The van der Waals surface area contributed by atoms with Crippen molar-refractivity contribution in [2.75, 3.05) is 0 Å². The Morgan fingerprint density at radius 1 is 1.10 bits per heavy atom. The highest BCUT2D eigenvalue weighted by Gasteiger charge is 2.28. The Balaban J connectivity index is 2.55. The molecule has 0 aromatic heterocycles. The molecular weight excluding hydrogens is 138 g/mol. The van der Waals surface area contributed by atoms with E-state index in [0.717, 1.165) is 0 Å². The predicted molar refractivity (Wildman–Crippen MR) is 33.3 cm³/mol. The summed E-state index contributed by atoms with van der Waals surface area (Å²) in [6.07, 6.45) is -1.41. The number of carbonyl (C=O) groups excluding carboxylic acids is 1. The molecule has 0 aromatic rings. The zero-order chi connectivity index (χ0) is 7.56. The van der Waals surface area contributed by atoms with Gasteiger partial charge in [-0.25, -0.2) is 8.78 Å². The van der Waals surface area contributed by atoms with Crippen LogP contribution in [-0.2, 0) is 4.79 Å². The smallest absolute Gasteiger partial charge is 0.200 e. The predicted octanol–water partition coefficient (Wildman–Crippen LogP) is 1.81. The standard InChI is InChI=1S/C7H10F2O/c8-5-3-1-2-4-6(9)7(5)10/h5-6H,1-4H2/t5-,6-/m1/s1. The average Bonchev–Trinajstić information content (AvgIpc) is 2.04. The third-order valence-electron chi connectivity index (χ3n) is 1.78. The van der Waals surface area contributed by atoms with Crippen molar-refractivity contribution in [1.29, 1.82) is 0 Å². The number of Topliss-reactive ketones (excluding diaryl/α,β-unsaturated/α-hetero) is 1. The summed E-state index contributed by atoms with van der Waals surface area (Å²) < 4.78 is 25.0. The highest BCUT2D eigenvalue weighted by molar-refractivity contribution is 5.87. The van der Waals surface area contributed by atoms with E-state index in [2.05, 4.69) is 0 Å². The summed E-state index contributed by atoms with van der Waals surface area (Å²) >= 11 is 0. The topological polar surface area (TPSA) is 17.1 Å². The van der Waals surface area contributed by atoms with Gasteiger partial charge in [0.15, 0.2) is 12.3 Å². The Kier molecular flexibility index (Phi) is 2.35. The van der Waals surface area contributed by atoms with Crippen molar-refractivity contribution >= 4 is 5.78 Å². The second-order valence-electron chi connectivity index (χ2n) is 2.62. The third kappa shape index (κ3) is 1.52. The van der Waals surface area contributed by atoms with Crippen molar-refractivity contribution in [1.82, 2.24) is 0 Å². The summed E-state index contributed by atoms with van der Waals surface area (Å²) in [4.78, 5) is 10.6. The molecule has 0 aromatic carbocycles. The van der Waals surface area contributed by atoms with Crippen LogP contribution < -0.4 is 0 Å². The number of carbonyl (C=O) groups is 1. The summed E-state index contributed by atoms with van der Waals surface area (Å²) in [5.74, 6) is -0.850. The Labute approximate surface area is 58.4 Å². The number of halogens is 2. The molecule has 2 atom stereocenters. The van der Waals surface area contributed by atoms with Crippen molar-refractivity contribution in [3.05, 3.63) is 0 Å². The number of hydrogen-bond acceptors (Lipinski definition) is 1. The van der Waals surface area contributed by atoms with E-state index in [9.17, 15) is 13.6 Å². The zero-order valence-electron chi connectivity index (χ0n) is 5.65. The van der Waals surface area contributed by atoms with Crippen LogP contribution in [0.3, 0.4) is 0 Å². The van der Waals surface area contributed by atoms with Crippen LogP contribution in [0, 0.1) is 0 Å². The molecule has 58 valence electrons. The fourth-order valence-electron chi connectivity index (χ4n) is 1.13. The normalized spacial score (nSPS) is 35.6. The molecule has 0 spiro atoms. The minimum Gasteiger partial charge on any atom is -0.293 e. The molecule has 0 saturated heterocycles. The first-order valence-corrected chi connectivity index (χ1v) is 3.53. The summed E-state index contributed by atoms with van der Waals surface area (Å²) in [5.41, 5.74) is 0. The van der Waals surface area contributed by atoms with Gasteiger partial charge in [-0.05, 0) is 25.7 Å². The molecule has 0 amide bonds. The molecule has 1 aliphatic rings. The molecule has 10 heavy (non-hydrogen) atoms. The monoisotopic (exact) mass is 148 g/mol. The fourth-order valence-corrected chi connectivity index (χ4v) is 1.13. The van der Waals surface area contributed by atoms with Crippen LogP contribution in [0.25, 0.3) is 0 Å². The maximum atomic E-state index is 12.5. The van der Waals surface area contributed by atoms with Crippen molar-refractivity contribution in [2.24, 2.45) is 0 Å². The Hall–Kier alpha value is -0.470. The summed E-state index contributed by atoms with van der Waals surface area (Å²) in [6, 6.07) is 0. The van der Waals surface area contributed by atoms with Gasteiger partial charge in [-0.3, -0.25) is 4.79 Å². The van der Waals surface area contributed by atoms with E-state index in [1.165, 1.54) is 0 Å². The first-order chi connectivity index (χ1) is 4.72. The van der Waals surface area contributed by atoms with Crippen molar-refractivity contribution in [2.45, 2.75) is 38.0 Å². The van der Waals surface area contributed by atoms with Crippen LogP contribution in [0.2, 0.25) is 0 Å². The van der Waals surface area contributed by atoms with E-state index in [1.807, 2.05) is 0 Å². The van der Waals surface area contributed by atoms with Crippen LogP contribution in [-0.4, -0.2) is 18.1 Å². The summed E-state index contributed by atoms with van der Waals surface area (Å²) in [5, 5.41) is 0. The first kappa shape index (κ1) is 7.63. The Morgan fingerprint density at radius 3 is 1.90 bits per heavy atom. The molecular formula is C7H10F2O. The van der Waals surface area contributed by atoms with E-state index in [-0.39, 0.29) is 12.8 Å². The maximum absolute atomic E-state index is 12.5. The van der Waals surface area contributed by atoms with Crippen LogP contribution in [0.5, 0.6) is 0 Å². The molecule has 0 N–H and O–H groups in total. The minimum absolute atomic E-state index is 0.208. The minimum atomic E-state index is -1.54. The van der Waals surface area contributed by atoms with Gasteiger partial charge >= 0.3 is 0 Å². The Morgan fingerprint density at radius 2 is 1.50 bits per heavy atom. The second-order valence-corrected chi connectivity index (χ2v) is 2.62. The van der Waals surface area contributed by atoms with E-state index in [0.29, 0.717) is 12.8 Å². The van der Waals surface area contributed by atoms with Crippen LogP contribution in [0.1, 0.15) is 25.7 Å². The summed E-state index contributed by atoms with van der Waals surface area (Å²) in [6.45, 7) is 0. The van der Waals surface area contributed by atoms with Gasteiger partial charge in [0, 0.05) is 0 Å². The molecule has 0 radical (unpaired) electrons. The molecule has 0 aliphatic heterocycles. The summed E-state index contributed by atoms with van der Waals surface area (Å²) in [7, 11) is 0. The van der Waals surface area contributed by atoms with Crippen LogP contribution in [0.4, 0.5) is 8.78 Å². The zero-order valence-corrected chi connectivity index (χ0v) is 5.65. The molecule has 1 saturated carbocycles. The molecule has 1 rings (SSSR count). The number of rotatable bonds is 0. The second kappa shape index (κ2) is 3.08. The number of ketones is 1. The molecule has 0 unspecified atom stereocenters. The molecule has 1 aliphatic carbocycles. The van der Waals surface area contributed by atoms with E-state index >= 15 is 0 Å². The lowest BCUT2D eigenvalue weighted by Gasteiger charge is -2.03. The number of hydrogen-bond donors (Lipinski definition) is 0. The van der Waals surface area contributed by atoms with E-state index in [4.69, 9.17) is 0 Å². The third-order valence-corrected chi connectivity index (χ3v) is 1.78. The molecule has 0 bridgehead atoms. The van der Waals surface area contributed by atoms with Crippen molar-refractivity contribution < 1.29 is 13.6 Å². The van der Waals surface area contributed by atoms with Crippen LogP contribution >= 0.6 is 0 Å². The largest absolute Gasteiger partial charge is 0.293 e. The van der Waals surface area contributed by atoms with Gasteiger partial charge < -0.3 is 0 Å². The lowest BCUT2D eigenvalue weighted by atomic mass is 10.1. The lowest BCUT2D eigenvalue weighted by Crippen LogP contribution is -2.23. The van der Waals surface area contributed by atoms with Gasteiger partial charge in [-0.2, -0.15) is 0 Å². The van der Waals surface area contributed by atoms with Gasteiger partial charge in [-0.15, -0.1) is 0 Å². The average molecular weight is 148 g/mol. The molecule has 3 heteroatoms. The maximum Gasteiger partial charge on any atom is 0.200 e. The SMILES string of the molecule is O=C1[C@H](F)CCCC[C@H]1F. The van der Waals surface area contributed by atoms with Crippen molar-refractivity contribution in [3.8, 4) is 0 Å². The van der Waals surface area contributed by atoms with Crippen LogP contribution in [0.15, 0.2) is 0 Å². The highest BCUT2D eigenvalue weighted by atomic mass is 19.1. The first-order valence-electron chi connectivity index (χ1n) is 3.53. The van der Waals surface area contributed by atoms with Gasteiger partial charge in [0.25, 0.3) is 0 Å². The lowest BCUT2D eigenvalue weighted by molar-refractivity contribution is -0.128. The van der Waals surface area contributed by atoms with Gasteiger partial charge in [0.05, 0.1) is 0 Å². The quantitative estimate of drug-likeness (QED) is 0.479. The molecule has 1 nitrogen and oxygen atoms in total. The van der Waals surface area contributed by atoms with Crippen molar-refractivity contribution in [3.63, 3.8) is 0 Å². The van der Waals surface area contributed by atoms with Gasteiger partial charge in [0.2, 0.25) is 5.78 Å². The van der Waals surface area contributed by atoms with E-state index < -0.39 is 18.1 Å². The number of alkyl halides is 2. The molecule has 0 heterocycles.